The molecule has 0 aromatic heterocycles. The molecule has 0 radical (unpaired) electrons. The van der Waals surface area contributed by atoms with E-state index in [1.807, 2.05) is 0 Å². The van der Waals surface area contributed by atoms with Crippen LogP contribution in [0.25, 0.3) is 0 Å². The molecule has 17 heavy (non-hydrogen) atoms. The van der Waals surface area contributed by atoms with Crippen molar-refractivity contribution >= 4 is 11.8 Å². The Morgan fingerprint density at radius 1 is 1.12 bits per heavy atom. The molecule has 0 atom stereocenters. The molecule has 4 nitrogen and oxygen atoms in total. The quantitative estimate of drug-likeness (QED) is 0.797. The van der Waals surface area contributed by atoms with E-state index in [9.17, 15) is 18.4 Å². The van der Waals surface area contributed by atoms with Crippen molar-refractivity contribution in [1.29, 1.82) is 0 Å². The second-order valence-corrected chi connectivity index (χ2v) is 3.80. The molecule has 1 heterocycles. The highest BCUT2D eigenvalue weighted by Crippen LogP contribution is 2.25. The lowest BCUT2D eigenvalue weighted by molar-refractivity contribution is -0.0146. The van der Waals surface area contributed by atoms with Gasteiger partial charge in [-0.3, -0.25) is 14.5 Å². The van der Waals surface area contributed by atoms with Crippen molar-refractivity contribution in [3.05, 3.63) is 35.4 Å². The van der Waals surface area contributed by atoms with E-state index >= 15 is 0 Å². The fourth-order valence-electron chi connectivity index (χ4n) is 1.68. The third-order valence-corrected chi connectivity index (χ3v) is 2.57. The molecule has 0 saturated heterocycles. The van der Waals surface area contributed by atoms with Crippen LogP contribution in [-0.4, -0.2) is 35.7 Å². The van der Waals surface area contributed by atoms with Gasteiger partial charge in [0.1, 0.15) is 0 Å². The molecule has 1 aliphatic rings. The van der Waals surface area contributed by atoms with Gasteiger partial charge in [-0.15, -0.1) is 0 Å². The first kappa shape index (κ1) is 11.7. The molecule has 1 aliphatic heterocycles. The number of alkyl halides is 2. The largest absolute Gasteiger partial charge is 0.325 e. The first-order chi connectivity index (χ1) is 7.96. The number of imide groups is 1. The van der Waals surface area contributed by atoms with Gasteiger partial charge in [0.2, 0.25) is 0 Å². The molecule has 2 rings (SSSR count). The lowest BCUT2D eigenvalue weighted by atomic mass is 10.1. The van der Waals surface area contributed by atoms with E-state index in [-0.39, 0.29) is 11.1 Å². The molecule has 2 amide bonds. The summed E-state index contributed by atoms with van der Waals surface area (Å²) in [5.74, 6) is -4.65. The molecule has 0 saturated carbocycles. The number of nitrogens with zero attached hydrogens (tertiary/aromatic N) is 1. The van der Waals surface area contributed by atoms with Crippen LogP contribution in [0.2, 0.25) is 0 Å². The molecule has 6 heteroatoms. The van der Waals surface area contributed by atoms with Gasteiger partial charge in [0, 0.05) is 0 Å². The highest BCUT2D eigenvalue weighted by molar-refractivity contribution is 6.21. The average molecular weight is 240 g/mol. The number of nitrogens with two attached hydrogens (primary N) is 1. The van der Waals surface area contributed by atoms with Gasteiger partial charge in [-0.05, 0) is 12.1 Å². The Labute approximate surface area is 96.0 Å². The Bertz CT molecular complexity index is 453. The molecule has 2 N–H and O–H groups in total. The number of fused-ring (bicyclic) bond motifs is 1. The summed E-state index contributed by atoms with van der Waals surface area (Å²) in [6, 6.07) is 6.04. The van der Waals surface area contributed by atoms with Crippen LogP contribution in [0, 0.1) is 0 Å². The van der Waals surface area contributed by atoms with Gasteiger partial charge in [-0.2, -0.15) is 0 Å². The second kappa shape index (κ2) is 3.89. The number of carbonyl (C=O) groups is 2. The Morgan fingerprint density at radius 2 is 1.59 bits per heavy atom. The lowest BCUT2D eigenvalue weighted by Crippen LogP contribution is -2.44. The predicted molar refractivity (Wildman–Crippen MR) is 55.8 cm³/mol. The van der Waals surface area contributed by atoms with E-state index in [4.69, 9.17) is 5.73 Å². The zero-order valence-electron chi connectivity index (χ0n) is 8.82. The van der Waals surface area contributed by atoms with E-state index in [0.29, 0.717) is 4.90 Å². The van der Waals surface area contributed by atoms with Gasteiger partial charge in [0.05, 0.1) is 24.2 Å². The summed E-state index contributed by atoms with van der Waals surface area (Å²) in [5, 5.41) is 0. The van der Waals surface area contributed by atoms with E-state index in [2.05, 4.69) is 0 Å². The standard InChI is InChI=1S/C11H10F2N2O2/c12-11(13,5-14)6-15-9(16)7-3-1-2-4-8(7)10(15)17/h1-4H,5-6,14H2. The summed E-state index contributed by atoms with van der Waals surface area (Å²) in [7, 11) is 0. The maximum atomic E-state index is 13.1. The van der Waals surface area contributed by atoms with Crippen molar-refractivity contribution in [3.8, 4) is 0 Å². The van der Waals surface area contributed by atoms with E-state index < -0.39 is 30.8 Å². The topological polar surface area (TPSA) is 63.4 Å². The third-order valence-electron chi connectivity index (χ3n) is 2.57. The first-order valence-corrected chi connectivity index (χ1v) is 4.99. The molecule has 0 fully saturated rings. The van der Waals surface area contributed by atoms with Gasteiger partial charge in [0.25, 0.3) is 17.7 Å². The first-order valence-electron chi connectivity index (χ1n) is 4.99. The summed E-state index contributed by atoms with van der Waals surface area (Å²) in [5.41, 5.74) is 5.20. The van der Waals surface area contributed by atoms with Crippen LogP contribution in [0.15, 0.2) is 24.3 Å². The summed E-state index contributed by atoms with van der Waals surface area (Å²) < 4.78 is 26.2. The zero-order chi connectivity index (χ0) is 12.6. The number of halogens is 2. The minimum Gasteiger partial charge on any atom is -0.325 e. The smallest absolute Gasteiger partial charge is 0.277 e. The number of carbonyl (C=O) groups excluding carboxylic acids is 2. The van der Waals surface area contributed by atoms with E-state index in [1.54, 1.807) is 12.1 Å². The molecule has 0 bridgehead atoms. The highest BCUT2D eigenvalue weighted by Gasteiger charge is 2.41. The Hall–Kier alpha value is -1.82. The summed E-state index contributed by atoms with van der Waals surface area (Å²) in [6.07, 6.45) is 0. The van der Waals surface area contributed by atoms with Crippen LogP contribution in [0.5, 0.6) is 0 Å². The van der Waals surface area contributed by atoms with Crippen LogP contribution in [0.3, 0.4) is 0 Å². The molecule has 1 aromatic rings. The molecule has 0 unspecified atom stereocenters. The number of amides is 2. The molecular weight excluding hydrogens is 230 g/mol. The maximum Gasteiger partial charge on any atom is 0.277 e. The Morgan fingerprint density at radius 3 is 2.00 bits per heavy atom. The van der Waals surface area contributed by atoms with Crippen molar-refractivity contribution in [2.24, 2.45) is 5.73 Å². The van der Waals surface area contributed by atoms with Crippen LogP contribution in [0.1, 0.15) is 20.7 Å². The molecule has 90 valence electrons. The van der Waals surface area contributed by atoms with Crippen LogP contribution in [0.4, 0.5) is 8.78 Å². The van der Waals surface area contributed by atoms with Crippen molar-refractivity contribution in [1.82, 2.24) is 4.90 Å². The highest BCUT2D eigenvalue weighted by atomic mass is 19.3. The van der Waals surface area contributed by atoms with Crippen molar-refractivity contribution in [2.75, 3.05) is 13.1 Å². The van der Waals surface area contributed by atoms with Gasteiger partial charge < -0.3 is 5.73 Å². The summed E-state index contributed by atoms with van der Waals surface area (Å²) in [4.78, 5) is 24.0. The van der Waals surface area contributed by atoms with Gasteiger partial charge in [-0.25, -0.2) is 8.78 Å². The normalized spacial score (nSPS) is 15.4. The minimum absolute atomic E-state index is 0.158. The average Bonchev–Trinajstić information content (AvgIpc) is 2.55. The molecular formula is C11H10F2N2O2. The number of hydrogen-bond acceptors (Lipinski definition) is 3. The molecule has 0 spiro atoms. The Kier molecular flexibility index (Phi) is 2.66. The van der Waals surface area contributed by atoms with Crippen molar-refractivity contribution < 1.29 is 18.4 Å². The minimum atomic E-state index is -3.26. The van der Waals surface area contributed by atoms with Crippen LogP contribution in [-0.2, 0) is 0 Å². The number of hydrogen-bond donors (Lipinski definition) is 1. The van der Waals surface area contributed by atoms with Gasteiger partial charge in [-0.1, -0.05) is 12.1 Å². The van der Waals surface area contributed by atoms with Crippen LogP contribution < -0.4 is 5.73 Å². The SMILES string of the molecule is NCC(F)(F)CN1C(=O)c2ccccc2C1=O. The monoisotopic (exact) mass is 240 g/mol. The van der Waals surface area contributed by atoms with E-state index in [0.717, 1.165) is 0 Å². The van der Waals surface area contributed by atoms with Crippen molar-refractivity contribution in [2.45, 2.75) is 5.92 Å². The lowest BCUT2D eigenvalue weighted by Gasteiger charge is -2.20. The fraction of sp³-hybridized carbons (Fsp3) is 0.273. The van der Waals surface area contributed by atoms with Gasteiger partial charge in [0.15, 0.2) is 0 Å². The fourth-order valence-corrected chi connectivity index (χ4v) is 1.68. The molecule has 1 aromatic carbocycles. The second-order valence-electron chi connectivity index (χ2n) is 3.80. The summed E-state index contributed by atoms with van der Waals surface area (Å²) in [6.45, 7) is -1.88. The van der Waals surface area contributed by atoms with Crippen LogP contribution >= 0.6 is 0 Å². The third kappa shape index (κ3) is 1.91. The zero-order valence-corrected chi connectivity index (χ0v) is 8.82. The summed E-state index contributed by atoms with van der Waals surface area (Å²) >= 11 is 0. The van der Waals surface area contributed by atoms with E-state index in [1.165, 1.54) is 12.1 Å². The maximum absolute atomic E-state index is 13.1. The predicted octanol–water partition coefficient (Wildman–Crippen LogP) is 0.877. The molecule has 0 aliphatic carbocycles. The van der Waals surface area contributed by atoms with Gasteiger partial charge >= 0.3 is 0 Å². The van der Waals surface area contributed by atoms with Crippen molar-refractivity contribution in [3.63, 3.8) is 0 Å². The number of rotatable bonds is 3. The number of benzene rings is 1. The Balaban J connectivity index is 2.31.